The van der Waals surface area contributed by atoms with E-state index in [9.17, 15) is 9.59 Å². The molecular weight excluding hydrogens is 268 g/mol. The smallest absolute Gasteiger partial charge is 0.321 e. The molecule has 0 aromatic heterocycles. The maximum absolute atomic E-state index is 12.3. The summed E-state index contributed by atoms with van der Waals surface area (Å²) in [7, 11) is 1.67. The number of amides is 2. The van der Waals surface area contributed by atoms with Gasteiger partial charge < -0.3 is 10.4 Å². The van der Waals surface area contributed by atoms with Gasteiger partial charge in [-0.3, -0.25) is 9.69 Å². The zero-order chi connectivity index (χ0) is 16.2. The van der Waals surface area contributed by atoms with Crippen LogP contribution in [0.25, 0.3) is 0 Å². The number of carboxylic acid groups (broad SMARTS) is 1. The minimum absolute atomic E-state index is 0.100. The highest BCUT2D eigenvalue weighted by molar-refractivity contribution is 5.92. The van der Waals surface area contributed by atoms with Gasteiger partial charge >= 0.3 is 12.0 Å². The van der Waals surface area contributed by atoms with Crippen LogP contribution in [0.2, 0.25) is 0 Å². The van der Waals surface area contributed by atoms with Gasteiger partial charge in [0.2, 0.25) is 0 Å². The summed E-state index contributed by atoms with van der Waals surface area (Å²) in [5, 5.41) is 11.8. The van der Waals surface area contributed by atoms with Crippen LogP contribution in [0.1, 0.15) is 32.8 Å². The molecule has 0 aliphatic rings. The molecule has 1 aromatic rings. The van der Waals surface area contributed by atoms with E-state index in [0.29, 0.717) is 0 Å². The van der Waals surface area contributed by atoms with Gasteiger partial charge in [0.15, 0.2) is 0 Å². The average molecular weight is 292 g/mol. The normalized spacial score (nSPS) is 12.6. The van der Waals surface area contributed by atoms with Crippen molar-refractivity contribution in [2.45, 2.75) is 40.2 Å². The molecule has 0 radical (unpaired) electrons. The second kappa shape index (κ2) is 6.61. The molecule has 5 heteroatoms. The van der Waals surface area contributed by atoms with Crippen molar-refractivity contribution in [3.05, 3.63) is 29.8 Å². The predicted molar refractivity (Wildman–Crippen MR) is 83.6 cm³/mol. The number of carboxylic acids is 1. The summed E-state index contributed by atoms with van der Waals surface area (Å²) in [6.07, 6.45) is -0.100. The van der Waals surface area contributed by atoms with E-state index >= 15 is 0 Å². The van der Waals surface area contributed by atoms with Gasteiger partial charge in [0, 0.05) is 18.8 Å². The van der Waals surface area contributed by atoms with Gasteiger partial charge in [0.1, 0.15) is 0 Å². The van der Waals surface area contributed by atoms with Crippen LogP contribution >= 0.6 is 0 Å². The zero-order valence-electron chi connectivity index (χ0n) is 13.3. The largest absolute Gasteiger partial charge is 0.481 e. The summed E-state index contributed by atoms with van der Waals surface area (Å²) in [4.78, 5) is 24.8. The average Bonchev–Trinajstić information content (AvgIpc) is 2.35. The fraction of sp³-hybridized carbons (Fsp3) is 0.500. The van der Waals surface area contributed by atoms with Crippen LogP contribution in [-0.2, 0) is 4.79 Å². The van der Waals surface area contributed by atoms with E-state index in [1.807, 2.05) is 52.0 Å². The van der Waals surface area contributed by atoms with Crippen LogP contribution in [0.15, 0.2) is 24.3 Å². The zero-order valence-corrected chi connectivity index (χ0v) is 13.3. The number of carbonyl (C=O) groups excluding carboxylic acids is 1. The summed E-state index contributed by atoms with van der Waals surface area (Å²) in [6, 6.07) is 6.85. The Bertz CT molecular complexity index is 520. The standard InChI is InChI=1S/C16H24N2O3/c1-11-7-6-8-12(9-11)18(5)15(21)17-13(10-14(19)20)16(2,3)4/h6-9,13H,10H2,1-5H3,(H,17,21)(H,19,20). The molecule has 2 N–H and O–H groups in total. The number of hydrogen-bond donors (Lipinski definition) is 2. The minimum atomic E-state index is -0.923. The number of nitrogens with one attached hydrogen (secondary N) is 1. The van der Waals surface area contributed by atoms with E-state index < -0.39 is 12.0 Å². The van der Waals surface area contributed by atoms with Crippen LogP contribution in [0.3, 0.4) is 0 Å². The third kappa shape index (κ3) is 5.10. The number of hydrogen-bond acceptors (Lipinski definition) is 2. The Morgan fingerprint density at radius 1 is 1.33 bits per heavy atom. The lowest BCUT2D eigenvalue weighted by Crippen LogP contribution is -2.49. The molecule has 1 atom stereocenters. The van der Waals surface area contributed by atoms with Crippen molar-refractivity contribution in [3.8, 4) is 0 Å². The molecule has 5 nitrogen and oxygen atoms in total. The Morgan fingerprint density at radius 3 is 2.43 bits per heavy atom. The molecule has 0 fully saturated rings. The Morgan fingerprint density at radius 2 is 1.95 bits per heavy atom. The van der Waals surface area contributed by atoms with Crippen molar-refractivity contribution < 1.29 is 14.7 Å². The number of carbonyl (C=O) groups is 2. The maximum atomic E-state index is 12.3. The van der Waals surface area contributed by atoms with Crippen LogP contribution < -0.4 is 10.2 Å². The summed E-state index contributed by atoms with van der Waals surface area (Å²) in [5.74, 6) is -0.923. The van der Waals surface area contributed by atoms with E-state index in [4.69, 9.17) is 5.11 Å². The molecule has 0 heterocycles. The topological polar surface area (TPSA) is 69.6 Å². The van der Waals surface area contributed by atoms with Gasteiger partial charge in [0.05, 0.1) is 6.42 Å². The van der Waals surface area contributed by atoms with Gasteiger partial charge in [-0.15, -0.1) is 0 Å². The molecule has 1 unspecified atom stereocenters. The summed E-state index contributed by atoms with van der Waals surface area (Å²) in [6.45, 7) is 7.69. The number of urea groups is 1. The number of rotatable bonds is 4. The third-order valence-corrected chi connectivity index (χ3v) is 3.42. The van der Waals surface area contributed by atoms with E-state index in [1.54, 1.807) is 7.05 Å². The first kappa shape index (κ1) is 17.0. The SMILES string of the molecule is Cc1cccc(N(C)C(=O)NC(CC(=O)O)C(C)(C)C)c1. The van der Waals surface area contributed by atoms with E-state index in [-0.39, 0.29) is 17.9 Å². The summed E-state index contributed by atoms with van der Waals surface area (Å²) in [5.41, 5.74) is 1.50. The molecule has 1 aromatic carbocycles. The summed E-state index contributed by atoms with van der Waals surface area (Å²) < 4.78 is 0. The van der Waals surface area contributed by atoms with Crippen molar-refractivity contribution in [2.75, 3.05) is 11.9 Å². The Hall–Kier alpha value is -2.04. The van der Waals surface area contributed by atoms with E-state index in [1.165, 1.54) is 4.90 Å². The van der Waals surface area contributed by atoms with Gasteiger partial charge in [-0.05, 0) is 30.0 Å². The molecule has 0 aliphatic heterocycles. The highest BCUT2D eigenvalue weighted by Crippen LogP contribution is 2.23. The number of aryl methyl sites for hydroxylation is 1. The molecular formula is C16H24N2O3. The van der Waals surface area contributed by atoms with E-state index in [2.05, 4.69) is 5.32 Å². The highest BCUT2D eigenvalue weighted by Gasteiger charge is 2.29. The second-order valence-electron chi connectivity index (χ2n) is 6.36. The fourth-order valence-electron chi connectivity index (χ4n) is 1.95. The summed E-state index contributed by atoms with van der Waals surface area (Å²) >= 11 is 0. The molecule has 116 valence electrons. The lowest BCUT2D eigenvalue weighted by Gasteiger charge is -2.32. The molecule has 1 rings (SSSR count). The lowest BCUT2D eigenvalue weighted by molar-refractivity contribution is -0.138. The van der Waals surface area contributed by atoms with Gasteiger partial charge in [0.25, 0.3) is 0 Å². The van der Waals surface area contributed by atoms with Crippen molar-refractivity contribution in [2.24, 2.45) is 5.41 Å². The minimum Gasteiger partial charge on any atom is -0.481 e. The Kier molecular flexibility index (Phi) is 5.35. The molecule has 0 bridgehead atoms. The molecule has 0 spiro atoms. The monoisotopic (exact) mass is 292 g/mol. The molecule has 21 heavy (non-hydrogen) atoms. The number of anilines is 1. The first-order valence-corrected chi connectivity index (χ1v) is 6.94. The molecule has 0 aliphatic carbocycles. The fourth-order valence-corrected chi connectivity index (χ4v) is 1.95. The van der Waals surface area contributed by atoms with Crippen molar-refractivity contribution in [1.82, 2.24) is 5.32 Å². The Labute approximate surface area is 126 Å². The van der Waals surface area contributed by atoms with Gasteiger partial charge in [-0.2, -0.15) is 0 Å². The molecule has 2 amide bonds. The second-order valence-corrected chi connectivity index (χ2v) is 6.36. The van der Waals surface area contributed by atoms with Crippen molar-refractivity contribution in [1.29, 1.82) is 0 Å². The first-order chi connectivity index (χ1) is 9.61. The third-order valence-electron chi connectivity index (χ3n) is 3.42. The Balaban J connectivity index is 2.84. The van der Waals surface area contributed by atoms with Crippen LogP contribution in [-0.4, -0.2) is 30.2 Å². The molecule has 0 saturated carbocycles. The highest BCUT2D eigenvalue weighted by atomic mass is 16.4. The van der Waals surface area contributed by atoms with Gasteiger partial charge in [-0.1, -0.05) is 32.9 Å². The number of aliphatic carboxylic acids is 1. The van der Waals surface area contributed by atoms with Crippen molar-refractivity contribution >= 4 is 17.7 Å². The lowest BCUT2D eigenvalue weighted by atomic mass is 9.85. The van der Waals surface area contributed by atoms with E-state index in [0.717, 1.165) is 11.3 Å². The van der Waals surface area contributed by atoms with Crippen molar-refractivity contribution in [3.63, 3.8) is 0 Å². The first-order valence-electron chi connectivity index (χ1n) is 6.94. The molecule has 0 saturated heterocycles. The van der Waals surface area contributed by atoms with Crippen LogP contribution in [0.4, 0.5) is 10.5 Å². The predicted octanol–water partition coefficient (Wildman–Crippen LogP) is 3.03. The van der Waals surface area contributed by atoms with Gasteiger partial charge in [-0.25, -0.2) is 4.79 Å². The van der Waals surface area contributed by atoms with Crippen LogP contribution in [0, 0.1) is 12.3 Å². The quantitative estimate of drug-likeness (QED) is 0.896. The van der Waals surface area contributed by atoms with Crippen LogP contribution in [0.5, 0.6) is 0 Å². The maximum Gasteiger partial charge on any atom is 0.321 e. The number of nitrogens with zero attached hydrogens (tertiary/aromatic N) is 1. The number of benzene rings is 1.